The first-order valence-electron chi connectivity index (χ1n) is 6.00. The van der Waals surface area contributed by atoms with Crippen molar-refractivity contribution in [3.05, 3.63) is 30.3 Å². The summed E-state index contributed by atoms with van der Waals surface area (Å²) in [4.78, 5) is 0. The van der Waals surface area contributed by atoms with E-state index in [-0.39, 0.29) is 0 Å². The molecular weight excluding hydrogens is 184 g/mol. The van der Waals surface area contributed by atoms with Crippen molar-refractivity contribution in [2.75, 3.05) is 6.61 Å². The van der Waals surface area contributed by atoms with Crippen LogP contribution in [0.4, 0.5) is 0 Å². The lowest BCUT2D eigenvalue weighted by Gasteiger charge is -2.10. The zero-order chi connectivity index (χ0) is 10.9. The molecule has 0 spiro atoms. The normalized spacial score (nSPS) is 12.4. The molecule has 1 heteroatoms. The second kappa shape index (κ2) is 7.33. The Morgan fingerprint density at radius 2 is 1.87 bits per heavy atom. The largest absolute Gasteiger partial charge is 0.494 e. The average Bonchev–Trinajstić information content (AvgIpc) is 2.26. The Labute approximate surface area is 93.5 Å². The summed E-state index contributed by atoms with van der Waals surface area (Å²) in [6.45, 7) is 5.42. The van der Waals surface area contributed by atoms with Crippen molar-refractivity contribution >= 4 is 0 Å². The van der Waals surface area contributed by atoms with Crippen molar-refractivity contribution in [3.8, 4) is 5.75 Å². The molecule has 0 aliphatic rings. The maximum absolute atomic E-state index is 5.63. The van der Waals surface area contributed by atoms with E-state index < -0.39 is 0 Å². The highest BCUT2D eigenvalue weighted by molar-refractivity contribution is 5.20. The van der Waals surface area contributed by atoms with Crippen molar-refractivity contribution in [3.63, 3.8) is 0 Å². The zero-order valence-corrected chi connectivity index (χ0v) is 9.91. The van der Waals surface area contributed by atoms with Gasteiger partial charge in [0.05, 0.1) is 6.61 Å². The van der Waals surface area contributed by atoms with E-state index in [2.05, 4.69) is 13.8 Å². The van der Waals surface area contributed by atoms with Crippen LogP contribution >= 0.6 is 0 Å². The van der Waals surface area contributed by atoms with Gasteiger partial charge in [0.2, 0.25) is 0 Å². The van der Waals surface area contributed by atoms with Crippen molar-refractivity contribution in [2.24, 2.45) is 5.92 Å². The van der Waals surface area contributed by atoms with Crippen LogP contribution in [-0.2, 0) is 0 Å². The van der Waals surface area contributed by atoms with Crippen LogP contribution in [0.3, 0.4) is 0 Å². The Bertz CT molecular complexity index is 243. The second-order valence-corrected chi connectivity index (χ2v) is 4.20. The number of para-hydroxylation sites is 1. The van der Waals surface area contributed by atoms with Crippen LogP contribution < -0.4 is 4.74 Å². The summed E-state index contributed by atoms with van der Waals surface area (Å²) in [7, 11) is 0. The first-order chi connectivity index (χ1) is 7.33. The Morgan fingerprint density at radius 1 is 1.13 bits per heavy atom. The molecule has 0 amide bonds. The fourth-order valence-electron chi connectivity index (χ4n) is 1.78. The topological polar surface area (TPSA) is 9.23 Å². The van der Waals surface area contributed by atoms with Crippen molar-refractivity contribution in [2.45, 2.75) is 39.5 Å². The van der Waals surface area contributed by atoms with Gasteiger partial charge in [-0.25, -0.2) is 0 Å². The Kier molecular flexibility index (Phi) is 5.91. The lowest BCUT2D eigenvalue weighted by molar-refractivity contribution is 0.292. The monoisotopic (exact) mass is 206 g/mol. The first kappa shape index (κ1) is 12.1. The molecule has 84 valence electrons. The Hall–Kier alpha value is -0.980. The number of ether oxygens (including phenoxy) is 1. The van der Waals surface area contributed by atoms with Gasteiger partial charge in [-0.3, -0.25) is 0 Å². The molecule has 0 heterocycles. The minimum absolute atomic E-state index is 0.842. The van der Waals surface area contributed by atoms with Crippen LogP contribution in [0.2, 0.25) is 0 Å². The lowest BCUT2D eigenvalue weighted by atomic mass is 10.0. The molecule has 1 atom stereocenters. The van der Waals surface area contributed by atoms with Gasteiger partial charge in [-0.2, -0.15) is 0 Å². The van der Waals surface area contributed by atoms with Crippen LogP contribution in [0.5, 0.6) is 5.75 Å². The third-order valence-electron chi connectivity index (χ3n) is 2.63. The summed E-state index contributed by atoms with van der Waals surface area (Å²) in [6.07, 6.45) is 5.07. The molecule has 15 heavy (non-hydrogen) atoms. The maximum atomic E-state index is 5.63. The molecule has 0 saturated heterocycles. The third kappa shape index (κ3) is 5.46. The van der Waals surface area contributed by atoms with Gasteiger partial charge in [-0.1, -0.05) is 44.9 Å². The molecule has 0 saturated carbocycles. The van der Waals surface area contributed by atoms with Gasteiger partial charge >= 0.3 is 0 Å². The van der Waals surface area contributed by atoms with Crippen LogP contribution in [0.15, 0.2) is 30.3 Å². The van der Waals surface area contributed by atoms with Gasteiger partial charge in [-0.05, 0) is 30.9 Å². The smallest absolute Gasteiger partial charge is 0.119 e. The number of hydrogen-bond acceptors (Lipinski definition) is 1. The van der Waals surface area contributed by atoms with E-state index in [4.69, 9.17) is 4.74 Å². The zero-order valence-electron chi connectivity index (χ0n) is 9.91. The molecule has 1 aromatic carbocycles. The van der Waals surface area contributed by atoms with Crippen molar-refractivity contribution < 1.29 is 4.74 Å². The predicted molar refractivity (Wildman–Crippen MR) is 65.2 cm³/mol. The number of hydrogen-bond donors (Lipinski definition) is 0. The molecular formula is C14H22O. The van der Waals surface area contributed by atoms with Gasteiger partial charge in [-0.15, -0.1) is 0 Å². The van der Waals surface area contributed by atoms with E-state index in [1.807, 2.05) is 30.3 Å². The van der Waals surface area contributed by atoms with Crippen LogP contribution in [0.1, 0.15) is 39.5 Å². The van der Waals surface area contributed by atoms with E-state index in [0.29, 0.717) is 0 Å². The minimum Gasteiger partial charge on any atom is -0.494 e. The Balaban J connectivity index is 2.07. The molecule has 0 bridgehead atoms. The summed E-state index contributed by atoms with van der Waals surface area (Å²) in [6, 6.07) is 10.0. The SMILES string of the molecule is CCCC(C)CCCOc1ccccc1. The highest BCUT2D eigenvalue weighted by atomic mass is 16.5. The minimum atomic E-state index is 0.842. The fourth-order valence-corrected chi connectivity index (χ4v) is 1.78. The highest BCUT2D eigenvalue weighted by Gasteiger charge is 2.00. The summed E-state index contributed by atoms with van der Waals surface area (Å²) in [5.41, 5.74) is 0. The molecule has 0 N–H and O–H groups in total. The summed E-state index contributed by atoms with van der Waals surface area (Å²) < 4.78 is 5.63. The van der Waals surface area contributed by atoms with E-state index in [1.54, 1.807) is 0 Å². The second-order valence-electron chi connectivity index (χ2n) is 4.20. The molecule has 0 fully saturated rings. The molecule has 1 nitrogen and oxygen atoms in total. The van der Waals surface area contributed by atoms with Crippen LogP contribution in [0.25, 0.3) is 0 Å². The fraction of sp³-hybridized carbons (Fsp3) is 0.571. The highest BCUT2D eigenvalue weighted by Crippen LogP contribution is 2.13. The van der Waals surface area contributed by atoms with Crippen LogP contribution in [-0.4, -0.2) is 6.61 Å². The van der Waals surface area contributed by atoms with Gasteiger partial charge < -0.3 is 4.74 Å². The molecule has 1 rings (SSSR count). The maximum Gasteiger partial charge on any atom is 0.119 e. The molecule has 1 unspecified atom stereocenters. The molecule has 0 aliphatic heterocycles. The van der Waals surface area contributed by atoms with E-state index >= 15 is 0 Å². The van der Waals surface area contributed by atoms with Gasteiger partial charge in [0.25, 0.3) is 0 Å². The van der Waals surface area contributed by atoms with Gasteiger partial charge in [0.1, 0.15) is 5.75 Å². The standard InChI is InChI=1S/C14H22O/c1-3-8-13(2)9-7-12-15-14-10-5-4-6-11-14/h4-6,10-11,13H,3,7-9,12H2,1-2H3. The molecule has 0 radical (unpaired) electrons. The first-order valence-corrected chi connectivity index (χ1v) is 6.00. The lowest BCUT2D eigenvalue weighted by Crippen LogP contribution is -2.01. The van der Waals surface area contributed by atoms with Crippen LogP contribution in [0, 0.1) is 5.92 Å². The third-order valence-corrected chi connectivity index (χ3v) is 2.63. The summed E-state index contributed by atoms with van der Waals surface area (Å²) in [5, 5.41) is 0. The molecule has 0 aromatic heterocycles. The number of benzene rings is 1. The summed E-state index contributed by atoms with van der Waals surface area (Å²) in [5.74, 6) is 1.83. The van der Waals surface area contributed by atoms with Gasteiger partial charge in [0, 0.05) is 0 Å². The molecule has 1 aromatic rings. The van der Waals surface area contributed by atoms with Crippen molar-refractivity contribution in [1.29, 1.82) is 0 Å². The van der Waals surface area contributed by atoms with E-state index in [9.17, 15) is 0 Å². The quantitative estimate of drug-likeness (QED) is 0.605. The predicted octanol–water partition coefficient (Wildman–Crippen LogP) is 4.28. The van der Waals surface area contributed by atoms with Gasteiger partial charge in [0.15, 0.2) is 0 Å². The number of rotatable bonds is 7. The van der Waals surface area contributed by atoms with E-state index in [1.165, 1.54) is 19.3 Å². The molecule has 0 aliphatic carbocycles. The summed E-state index contributed by atoms with van der Waals surface area (Å²) >= 11 is 0. The van der Waals surface area contributed by atoms with Crippen molar-refractivity contribution in [1.82, 2.24) is 0 Å². The Morgan fingerprint density at radius 3 is 2.53 bits per heavy atom. The van der Waals surface area contributed by atoms with E-state index in [0.717, 1.165) is 24.7 Å². The average molecular weight is 206 g/mol.